The molecule has 7 heteroatoms. The smallest absolute Gasteiger partial charge is 0.231 e. The van der Waals surface area contributed by atoms with E-state index in [0.717, 1.165) is 47.6 Å². The van der Waals surface area contributed by atoms with E-state index in [0.29, 0.717) is 12.5 Å². The molecule has 2 aliphatic rings. The minimum absolute atomic E-state index is 0.0636. The topological polar surface area (TPSA) is 64.2 Å². The number of halogens is 1. The Labute approximate surface area is 228 Å². The van der Waals surface area contributed by atoms with Gasteiger partial charge in [-0.3, -0.25) is 9.93 Å². The Morgan fingerprint density at radius 2 is 1.84 bits per heavy atom. The van der Waals surface area contributed by atoms with Gasteiger partial charge >= 0.3 is 0 Å². The first-order chi connectivity index (χ1) is 18.5. The van der Waals surface area contributed by atoms with Crippen LogP contribution in [0.15, 0.2) is 90.1 Å². The van der Waals surface area contributed by atoms with Gasteiger partial charge in [0.05, 0.1) is 6.54 Å². The molecule has 196 valence electrons. The summed E-state index contributed by atoms with van der Waals surface area (Å²) in [5.41, 5.74) is 5.13. The van der Waals surface area contributed by atoms with Crippen LogP contribution >= 0.6 is 11.9 Å². The summed E-state index contributed by atoms with van der Waals surface area (Å²) in [6.07, 6.45) is 9.45. The fourth-order valence-electron chi connectivity index (χ4n) is 5.15. The van der Waals surface area contributed by atoms with Crippen molar-refractivity contribution in [3.63, 3.8) is 0 Å². The molecule has 3 aromatic carbocycles. The number of aromatic nitrogens is 2. The van der Waals surface area contributed by atoms with Crippen molar-refractivity contribution in [3.05, 3.63) is 114 Å². The predicted octanol–water partition coefficient (Wildman–Crippen LogP) is 6.43. The Kier molecular flexibility index (Phi) is 8.25. The van der Waals surface area contributed by atoms with E-state index >= 15 is 0 Å². The molecule has 2 unspecified atom stereocenters. The average molecular weight is 529 g/mol. The van der Waals surface area contributed by atoms with Crippen molar-refractivity contribution in [2.24, 2.45) is 18.1 Å². The third kappa shape index (κ3) is 6.17. The maximum absolute atomic E-state index is 13.6. The Balaban J connectivity index is 0.000000278. The van der Waals surface area contributed by atoms with Gasteiger partial charge in [-0.15, -0.1) is 0 Å². The second-order valence-electron chi connectivity index (χ2n) is 9.97. The van der Waals surface area contributed by atoms with Gasteiger partial charge in [-0.1, -0.05) is 42.5 Å². The monoisotopic (exact) mass is 528 g/mol. The van der Waals surface area contributed by atoms with Crippen LogP contribution in [0.5, 0.6) is 0 Å². The molecular weight excluding hydrogens is 495 g/mol. The molecule has 0 radical (unpaired) electrons. The van der Waals surface area contributed by atoms with Crippen LogP contribution in [0.25, 0.3) is 0 Å². The van der Waals surface area contributed by atoms with Crippen LogP contribution in [0.1, 0.15) is 47.7 Å². The van der Waals surface area contributed by atoms with Crippen LogP contribution in [0, 0.1) is 11.7 Å². The highest BCUT2D eigenvalue weighted by atomic mass is 32.2. The number of amides is 1. The molecule has 1 saturated carbocycles. The largest absolute Gasteiger partial charge is 0.337 e. The lowest BCUT2D eigenvalue weighted by Gasteiger charge is -2.25. The van der Waals surface area contributed by atoms with Gasteiger partial charge in [-0.25, -0.2) is 9.37 Å². The Hall–Kier alpha value is -3.42. The molecule has 6 rings (SSSR count). The number of anilines is 1. The highest BCUT2D eigenvalue weighted by Crippen LogP contribution is 2.49. The van der Waals surface area contributed by atoms with Crippen molar-refractivity contribution < 1.29 is 9.18 Å². The van der Waals surface area contributed by atoms with Crippen LogP contribution in [0.4, 0.5) is 10.1 Å². The molecule has 1 amide bonds. The molecule has 1 heterocycles. The maximum Gasteiger partial charge on any atom is 0.231 e. The molecule has 2 N–H and O–H groups in total. The number of nitrogens with zero attached hydrogens (tertiary/aromatic N) is 3. The first-order valence-electron chi connectivity index (χ1n) is 13.1. The number of benzene rings is 3. The maximum atomic E-state index is 13.6. The van der Waals surface area contributed by atoms with Crippen molar-refractivity contribution in [1.82, 2.24) is 9.55 Å². The number of carbonyl (C=O) groups excluding carboxylic acids is 1. The van der Waals surface area contributed by atoms with E-state index in [9.17, 15) is 9.18 Å². The summed E-state index contributed by atoms with van der Waals surface area (Å²) >= 11 is 1.04. The number of rotatable bonds is 6. The van der Waals surface area contributed by atoms with E-state index in [1.807, 2.05) is 28.8 Å². The van der Waals surface area contributed by atoms with E-state index in [4.69, 9.17) is 5.14 Å². The molecule has 2 aliphatic carbocycles. The number of imidazole rings is 1. The molecule has 0 spiro atoms. The lowest BCUT2D eigenvalue weighted by atomic mass is 9.91. The van der Waals surface area contributed by atoms with E-state index < -0.39 is 0 Å². The number of aryl methyl sites for hydroxylation is 3. The SMILES string of the molecule is Cn1ccnc1CN(C(=O)C1CC1c1ccccc1)c1ccc2c(c1)CCCC2.NSc1cccc(F)c1. The van der Waals surface area contributed by atoms with Crippen molar-refractivity contribution in [2.45, 2.75) is 49.5 Å². The number of carbonyl (C=O) groups is 1. The van der Waals surface area contributed by atoms with Gasteiger partial charge in [-0.05, 0) is 97.0 Å². The summed E-state index contributed by atoms with van der Waals surface area (Å²) in [7, 11) is 1.99. The normalized spacial score (nSPS) is 17.7. The van der Waals surface area contributed by atoms with Crippen LogP contribution in [-0.4, -0.2) is 15.5 Å². The first kappa shape index (κ1) is 26.2. The highest BCUT2D eigenvalue weighted by Gasteiger charge is 2.46. The summed E-state index contributed by atoms with van der Waals surface area (Å²) in [6.45, 7) is 0.513. The van der Waals surface area contributed by atoms with Crippen molar-refractivity contribution in [1.29, 1.82) is 0 Å². The predicted molar refractivity (Wildman–Crippen MR) is 151 cm³/mol. The van der Waals surface area contributed by atoms with Crippen molar-refractivity contribution in [2.75, 3.05) is 4.90 Å². The van der Waals surface area contributed by atoms with Crippen molar-refractivity contribution >= 4 is 23.5 Å². The Morgan fingerprint density at radius 1 is 1.05 bits per heavy atom. The molecule has 5 nitrogen and oxygen atoms in total. The molecule has 2 atom stereocenters. The van der Waals surface area contributed by atoms with E-state index in [1.165, 1.54) is 41.7 Å². The molecule has 38 heavy (non-hydrogen) atoms. The lowest BCUT2D eigenvalue weighted by Crippen LogP contribution is -2.33. The van der Waals surface area contributed by atoms with E-state index in [1.54, 1.807) is 18.3 Å². The fraction of sp³-hybridized carbons (Fsp3) is 0.290. The molecule has 1 aromatic heterocycles. The zero-order chi connectivity index (χ0) is 26.5. The van der Waals surface area contributed by atoms with Gasteiger partial charge in [0, 0.05) is 35.9 Å². The highest BCUT2D eigenvalue weighted by molar-refractivity contribution is 7.97. The average Bonchev–Trinajstić information content (AvgIpc) is 3.66. The van der Waals surface area contributed by atoms with Gasteiger partial charge in [0.15, 0.2) is 0 Å². The quantitative estimate of drug-likeness (QED) is 0.293. The zero-order valence-electron chi connectivity index (χ0n) is 21.6. The van der Waals surface area contributed by atoms with Crippen LogP contribution in [0.3, 0.4) is 0 Å². The van der Waals surface area contributed by atoms with Crippen LogP contribution in [-0.2, 0) is 31.2 Å². The van der Waals surface area contributed by atoms with Gasteiger partial charge in [0.1, 0.15) is 11.6 Å². The van der Waals surface area contributed by atoms with Crippen molar-refractivity contribution in [3.8, 4) is 0 Å². The summed E-state index contributed by atoms with van der Waals surface area (Å²) in [5, 5.41) is 5.17. The van der Waals surface area contributed by atoms with E-state index in [2.05, 4.69) is 47.4 Å². The third-order valence-electron chi connectivity index (χ3n) is 7.40. The van der Waals surface area contributed by atoms with E-state index in [-0.39, 0.29) is 17.6 Å². The number of hydrogen-bond donors (Lipinski definition) is 1. The summed E-state index contributed by atoms with van der Waals surface area (Å²) in [5.74, 6) is 1.29. The number of nitrogens with two attached hydrogens (primary N) is 1. The summed E-state index contributed by atoms with van der Waals surface area (Å²) in [6, 6.07) is 23.2. The van der Waals surface area contributed by atoms with Gasteiger partial charge in [0.25, 0.3) is 0 Å². The zero-order valence-corrected chi connectivity index (χ0v) is 22.4. The first-order valence-corrected chi connectivity index (χ1v) is 14.0. The molecule has 0 aliphatic heterocycles. The molecular formula is C31H33FN4OS. The second kappa shape index (κ2) is 12.0. The molecule has 4 aromatic rings. The summed E-state index contributed by atoms with van der Waals surface area (Å²) in [4.78, 5) is 20.8. The molecule has 1 fully saturated rings. The molecule has 0 saturated heterocycles. The Morgan fingerprint density at radius 3 is 2.53 bits per heavy atom. The van der Waals surface area contributed by atoms with Gasteiger partial charge < -0.3 is 9.47 Å². The Bertz CT molecular complexity index is 1390. The molecule has 0 bridgehead atoms. The van der Waals surface area contributed by atoms with Crippen LogP contribution in [0.2, 0.25) is 0 Å². The lowest BCUT2D eigenvalue weighted by molar-refractivity contribution is -0.120. The number of fused-ring (bicyclic) bond motifs is 1. The number of hydrogen-bond acceptors (Lipinski definition) is 4. The van der Waals surface area contributed by atoms with Gasteiger partial charge in [0.2, 0.25) is 5.91 Å². The minimum Gasteiger partial charge on any atom is -0.337 e. The van der Waals surface area contributed by atoms with Gasteiger partial charge in [-0.2, -0.15) is 0 Å². The standard InChI is InChI=1S/C25H27N3O.C6H6FNS/c1-27-14-13-26-24(27)17-28(21-12-11-18-7-5-6-10-20(18)15-21)25(29)23-16-22(23)19-8-3-2-4-9-19;7-5-2-1-3-6(4-5)9-8/h2-4,8-9,11-15,22-23H,5-7,10,16-17H2,1H3;1-4H,8H2. The third-order valence-corrected chi connectivity index (χ3v) is 7.92. The summed E-state index contributed by atoms with van der Waals surface area (Å²) < 4.78 is 14.3. The minimum atomic E-state index is -0.245. The van der Waals surface area contributed by atoms with Crippen LogP contribution < -0.4 is 10.0 Å². The second-order valence-corrected chi connectivity index (χ2v) is 10.7. The fourth-order valence-corrected chi connectivity index (χ4v) is 5.49.